The lowest BCUT2D eigenvalue weighted by Crippen LogP contribution is -2.38. The smallest absolute Gasteiger partial charge is 0.234 e. The monoisotopic (exact) mass is 286 g/mol. The number of nitrogens with zero attached hydrogens (tertiary/aromatic N) is 3. The van der Waals surface area contributed by atoms with Crippen molar-refractivity contribution in [3.63, 3.8) is 0 Å². The van der Waals surface area contributed by atoms with Crippen LogP contribution in [0.2, 0.25) is 0 Å². The Balaban J connectivity index is 1.92. The lowest BCUT2D eigenvalue weighted by atomic mass is 10.3. The molecule has 0 aliphatic carbocycles. The predicted octanol–water partition coefficient (Wildman–Crippen LogP) is 1.83. The number of para-hydroxylation sites is 1. The van der Waals surface area contributed by atoms with Crippen LogP contribution in [0.5, 0.6) is 0 Å². The summed E-state index contributed by atoms with van der Waals surface area (Å²) in [6.45, 7) is 5.00. The molecule has 0 saturated carbocycles. The van der Waals surface area contributed by atoms with Gasteiger partial charge in [-0.15, -0.1) is 0 Å². The highest BCUT2D eigenvalue weighted by Gasteiger charge is 2.09. The minimum absolute atomic E-state index is 0.0444. The zero-order valence-electron chi connectivity index (χ0n) is 12.8. The molecule has 1 N–H and O–H groups in total. The van der Waals surface area contributed by atoms with E-state index in [1.54, 1.807) is 0 Å². The van der Waals surface area contributed by atoms with E-state index in [0.717, 1.165) is 11.3 Å². The number of nitrogens with one attached hydrogen (secondary N) is 1. The third-order valence-corrected chi connectivity index (χ3v) is 2.97. The van der Waals surface area contributed by atoms with E-state index in [2.05, 4.69) is 10.4 Å². The highest BCUT2D eigenvalue weighted by Crippen LogP contribution is 2.08. The number of amides is 1. The van der Waals surface area contributed by atoms with Gasteiger partial charge >= 0.3 is 0 Å². The molecule has 0 aliphatic rings. The Bertz CT molecular complexity index is 577. The van der Waals surface area contributed by atoms with Crippen molar-refractivity contribution < 1.29 is 4.79 Å². The van der Waals surface area contributed by atoms with Gasteiger partial charge in [0.05, 0.1) is 18.4 Å². The van der Waals surface area contributed by atoms with Gasteiger partial charge in [-0.05, 0) is 33.0 Å². The summed E-state index contributed by atoms with van der Waals surface area (Å²) in [6.07, 6.45) is 3.83. The van der Waals surface area contributed by atoms with Gasteiger partial charge in [-0.1, -0.05) is 18.2 Å². The van der Waals surface area contributed by atoms with Crippen LogP contribution in [0.1, 0.15) is 19.4 Å². The summed E-state index contributed by atoms with van der Waals surface area (Å²) in [5.41, 5.74) is 2.11. The van der Waals surface area contributed by atoms with E-state index in [-0.39, 0.29) is 11.9 Å². The topological polar surface area (TPSA) is 50.2 Å². The van der Waals surface area contributed by atoms with E-state index >= 15 is 0 Å². The highest BCUT2D eigenvalue weighted by atomic mass is 16.2. The summed E-state index contributed by atoms with van der Waals surface area (Å²) in [5.74, 6) is 0.0444. The molecule has 5 nitrogen and oxygen atoms in total. The molecule has 0 aliphatic heterocycles. The minimum atomic E-state index is 0.0444. The molecule has 1 aromatic heterocycles. The Morgan fingerprint density at radius 3 is 2.71 bits per heavy atom. The largest absolute Gasteiger partial charge is 0.353 e. The molecule has 0 saturated heterocycles. The average molecular weight is 286 g/mol. The molecular formula is C16H22N4O. The van der Waals surface area contributed by atoms with Crippen LogP contribution in [0.3, 0.4) is 0 Å². The van der Waals surface area contributed by atoms with E-state index in [4.69, 9.17) is 0 Å². The van der Waals surface area contributed by atoms with Gasteiger partial charge in [0.15, 0.2) is 0 Å². The first-order valence-electron chi connectivity index (χ1n) is 7.11. The number of benzene rings is 1. The van der Waals surface area contributed by atoms with Crippen molar-refractivity contribution in [1.82, 2.24) is 20.0 Å². The molecule has 0 fully saturated rings. The van der Waals surface area contributed by atoms with Crippen LogP contribution in [-0.2, 0) is 11.3 Å². The molecule has 1 heterocycles. The van der Waals surface area contributed by atoms with E-state index in [1.807, 2.05) is 73.2 Å². The van der Waals surface area contributed by atoms with Crippen molar-refractivity contribution in [3.8, 4) is 5.69 Å². The van der Waals surface area contributed by atoms with Gasteiger partial charge in [-0.3, -0.25) is 9.69 Å². The van der Waals surface area contributed by atoms with Crippen LogP contribution in [0.25, 0.3) is 5.69 Å². The quantitative estimate of drug-likeness (QED) is 0.881. The zero-order chi connectivity index (χ0) is 15.2. The molecule has 2 rings (SSSR count). The number of rotatable bonds is 6. The number of carbonyl (C=O) groups is 1. The van der Waals surface area contributed by atoms with Crippen molar-refractivity contribution in [1.29, 1.82) is 0 Å². The van der Waals surface area contributed by atoms with Crippen LogP contribution >= 0.6 is 0 Å². The van der Waals surface area contributed by atoms with Crippen LogP contribution < -0.4 is 5.32 Å². The summed E-state index contributed by atoms with van der Waals surface area (Å²) >= 11 is 0. The average Bonchev–Trinajstić information content (AvgIpc) is 2.86. The third-order valence-electron chi connectivity index (χ3n) is 2.97. The third kappa shape index (κ3) is 4.72. The van der Waals surface area contributed by atoms with Gasteiger partial charge in [-0.2, -0.15) is 5.10 Å². The molecule has 5 heteroatoms. The normalized spacial score (nSPS) is 11.1. The van der Waals surface area contributed by atoms with E-state index in [1.165, 1.54) is 0 Å². The second-order valence-electron chi connectivity index (χ2n) is 5.52. The Morgan fingerprint density at radius 1 is 1.33 bits per heavy atom. The lowest BCUT2D eigenvalue weighted by molar-refractivity contribution is -0.122. The van der Waals surface area contributed by atoms with Crippen molar-refractivity contribution in [2.24, 2.45) is 0 Å². The predicted molar refractivity (Wildman–Crippen MR) is 83.2 cm³/mol. The van der Waals surface area contributed by atoms with Gasteiger partial charge < -0.3 is 5.32 Å². The second kappa shape index (κ2) is 7.04. The molecule has 0 spiro atoms. The summed E-state index contributed by atoms with van der Waals surface area (Å²) in [4.78, 5) is 13.7. The number of carbonyl (C=O) groups excluding carboxylic acids is 1. The van der Waals surface area contributed by atoms with Crippen molar-refractivity contribution in [3.05, 3.63) is 48.3 Å². The summed E-state index contributed by atoms with van der Waals surface area (Å²) in [5, 5.41) is 7.25. The van der Waals surface area contributed by atoms with E-state index in [0.29, 0.717) is 13.1 Å². The fourth-order valence-electron chi connectivity index (χ4n) is 2.14. The number of aromatic nitrogens is 2. The number of hydrogen-bond acceptors (Lipinski definition) is 3. The van der Waals surface area contributed by atoms with Crippen LogP contribution in [0.4, 0.5) is 0 Å². The first-order chi connectivity index (χ1) is 10.0. The Morgan fingerprint density at radius 2 is 2.05 bits per heavy atom. The molecule has 21 heavy (non-hydrogen) atoms. The minimum Gasteiger partial charge on any atom is -0.353 e. The first kappa shape index (κ1) is 15.3. The van der Waals surface area contributed by atoms with Gasteiger partial charge in [-0.25, -0.2) is 4.68 Å². The summed E-state index contributed by atoms with van der Waals surface area (Å²) < 4.78 is 1.84. The molecule has 1 aromatic carbocycles. The number of hydrogen-bond donors (Lipinski definition) is 1. The van der Waals surface area contributed by atoms with E-state index in [9.17, 15) is 4.79 Å². The highest BCUT2D eigenvalue weighted by molar-refractivity contribution is 5.78. The van der Waals surface area contributed by atoms with Gasteiger partial charge in [0, 0.05) is 24.3 Å². The van der Waals surface area contributed by atoms with Gasteiger partial charge in [0.2, 0.25) is 5.91 Å². The maximum atomic E-state index is 11.7. The summed E-state index contributed by atoms with van der Waals surface area (Å²) in [6, 6.07) is 10.1. The molecule has 112 valence electrons. The molecule has 0 bridgehead atoms. The standard InChI is InChI=1S/C16H22N4O/c1-13(2)18-16(21)12-19(3)10-14-9-17-20(11-14)15-7-5-4-6-8-15/h4-9,11,13H,10,12H2,1-3H3,(H,18,21). The molecular weight excluding hydrogens is 264 g/mol. The zero-order valence-corrected chi connectivity index (χ0v) is 12.8. The van der Waals surface area contributed by atoms with Crippen LogP contribution in [0, 0.1) is 0 Å². The Labute approximate surface area is 125 Å². The van der Waals surface area contributed by atoms with Gasteiger partial charge in [0.1, 0.15) is 0 Å². The van der Waals surface area contributed by atoms with Crippen LogP contribution in [0.15, 0.2) is 42.7 Å². The SMILES string of the molecule is CC(C)NC(=O)CN(C)Cc1cnn(-c2ccccc2)c1. The molecule has 0 radical (unpaired) electrons. The van der Waals surface area contributed by atoms with Crippen molar-refractivity contribution in [2.75, 3.05) is 13.6 Å². The number of likely N-dealkylation sites (N-methyl/N-ethyl adjacent to an activating group) is 1. The second-order valence-corrected chi connectivity index (χ2v) is 5.52. The van der Waals surface area contributed by atoms with Crippen molar-refractivity contribution in [2.45, 2.75) is 26.4 Å². The molecule has 1 amide bonds. The molecule has 0 atom stereocenters. The van der Waals surface area contributed by atoms with Crippen LogP contribution in [-0.4, -0.2) is 40.2 Å². The molecule has 2 aromatic rings. The Kier molecular flexibility index (Phi) is 5.11. The van der Waals surface area contributed by atoms with E-state index < -0.39 is 0 Å². The van der Waals surface area contributed by atoms with Gasteiger partial charge in [0.25, 0.3) is 0 Å². The summed E-state index contributed by atoms with van der Waals surface area (Å²) in [7, 11) is 1.93. The Hall–Kier alpha value is -2.14. The molecule has 0 unspecified atom stereocenters. The fourth-order valence-corrected chi connectivity index (χ4v) is 2.14. The fraction of sp³-hybridized carbons (Fsp3) is 0.375. The van der Waals surface area contributed by atoms with Crippen molar-refractivity contribution >= 4 is 5.91 Å². The maximum Gasteiger partial charge on any atom is 0.234 e. The lowest BCUT2D eigenvalue weighted by Gasteiger charge is -2.16. The maximum absolute atomic E-state index is 11.7. The first-order valence-corrected chi connectivity index (χ1v) is 7.11.